The van der Waals surface area contributed by atoms with Crippen LogP contribution in [0, 0.1) is 13.8 Å². The first-order valence-electron chi connectivity index (χ1n) is 11.0. The van der Waals surface area contributed by atoms with Crippen LogP contribution in [0.1, 0.15) is 40.1 Å². The number of aromatic nitrogens is 5. The number of hydrogen-bond donors (Lipinski definition) is 0. The van der Waals surface area contributed by atoms with E-state index in [9.17, 15) is 4.79 Å². The second-order valence-electron chi connectivity index (χ2n) is 8.39. The van der Waals surface area contributed by atoms with Crippen molar-refractivity contribution in [3.05, 3.63) is 89.6 Å². The number of hydrogen-bond acceptors (Lipinski definition) is 6. The minimum atomic E-state index is -0.163. The van der Waals surface area contributed by atoms with Crippen LogP contribution in [0.3, 0.4) is 0 Å². The molecule has 0 saturated heterocycles. The molecule has 34 heavy (non-hydrogen) atoms. The van der Waals surface area contributed by atoms with Gasteiger partial charge in [0.15, 0.2) is 0 Å². The molecule has 0 radical (unpaired) electrons. The van der Waals surface area contributed by atoms with Gasteiger partial charge in [0.1, 0.15) is 12.7 Å². The van der Waals surface area contributed by atoms with Crippen LogP contribution in [0.2, 0.25) is 0 Å². The van der Waals surface area contributed by atoms with Crippen LogP contribution in [0.4, 0.5) is 0 Å². The van der Waals surface area contributed by atoms with Gasteiger partial charge in [0.05, 0.1) is 34.1 Å². The van der Waals surface area contributed by atoms with Crippen LogP contribution in [0.5, 0.6) is 0 Å². The zero-order valence-electron chi connectivity index (χ0n) is 19.4. The van der Waals surface area contributed by atoms with E-state index in [0.717, 1.165) is 22.4 Å². The van der Waals surface area contributed by atoms with Gasteiger partial charge in [-0.2, -0.15) is 5.10 Å². The number of carbonyl (C=O) groups is 1. The van der Waals surface area contributed by atoms with Crippen molar-refractivity contribution < 1.29 is 9.32 Å². The van der Waals surface area contributed by atoms with Crippen molar-refractivity contribution in [3.8, 4) is 16.9 Å². The molecular weight excluding hydrogens is 428 g/mol. The number of rotatable bonds is 5. The molecule has 1 atom stereocenters. The van der Waals surface area contributed by atoms with Crippen LogP contribution < -0.4 is 0 Å². The summed E-state index contributed by atoms with van der Waals surface area (Å²) in [5.74, 6) is -0.125. The van der Waals surface area contributed by atoms with Gasteiger partial charge in [-0.05, 0) is 44.5 Å². The Balaban J connectivity index is 1.49. The van der Waals surface area contributed by atoms with Crippen LogP contribution in [-0.4, -0.2) is 42.8 Å². The highest BCUT2D eigenvalue weighted by molar-refractivity contribution is 6.07. The summed E-state index contributed by atoms with van der Waals surface area (Å²) in [6.45, 7) is 5.86. The minimum Gasteiger partial charge on any atom is -0.335 e. The van der Waals surface area contributed by atoms with Gasteiger partial charge in [-0.25, -0.2) is 14.6 Å². The number of benzene rings is 2. The van der Waals surface area contributed by atoms with Gasteiger partial charge in [-0.3, -0.25) is 4.79 Å². The second-order valence-corrected chi connectivity index (χ2v) is 8.39. The number of amides is 1. The maximum Gasteiger partial charge on any atom is 0.259 e. The summed E-state index contributed by atoms with van der Waals surface area (Å²) >= 11 is 0. The Hall–Kier alpha value is -4.33. The molecule has 3 aromatic heterocycles. The molecule has 5 aromatic rings. The average molecular weight is 453 g/mol. The molecular formula is C26H24N6O2. The molecule has 0 spiro atoms. The molecule has 0 fully saturated rings. The molecule has 170 valence electrons. The summed E-state index contributed by atoms with van der Waals surface area (Å²) in [6.07, 6.45) is 3.14. The maximum atomic E-state index is 13.7. The lowest BCUT2D eigenvalue weighted by Crippen LogP contribution is -2.30. The van der Waals surface area contributed by atoms with E-state index in [2.05, 4.69) is 20.2 Å². The monoisotopic (exact) mass is 452 g/mol. The first kappa shape index (κ1) is 21.5. The zero-order valence-corrected chi connectivity index (χ0v) is 19.4. The molecule has 0 aliphatic carbocycles. The van der Waals surface area contributed by atoms with Gasteiger partial charge in [-0.1, -0.05) is 47.1 Å². The summed E-state index contributed by atoms with van der Waals surface area (Å²) in [7, 11) is 1.80. The van der Waals surface area contributed by atoms with E-state index in [0.29, 0.717) is 28.1 Å². The highest BCUT2D eigenvalue weighted by Crippen LogP contribution is 2.30. The lowest BCUT2D eigenvalue weighted by Gasteiger charge is -2.26. The lowest BCUT2D eigenvalue weighted by molar-refractivity contribution is 0.0744. The molecule has 0 aliphatic rings. The van der Waals surface area contributed by atoms with E-state index < -0.39 is 0 Å². The summed E-state index contributed by atoms with van der Waals surface area (Å²) in [4.78, 5) is 24.1. The first-order chi connectivity index (χ1) is 16.4. The fourth-order valence-electron chi connectivity index (χ4n) is 3.97. The highest BCUT2D eigenvalue weighted by Gasteiger charge is 2.25. The predicted molar refractivity (Wildman–Crippen MR) is 129 cm³/mol. The molecule has 0 N–H and O–H groups in total. The first-order valence-corrected chi connectivity index (χ1v) is 11.0. The molecule has 1 amide bonds. The molecule has 5 rings (SSSR count). The van der Waals surface area contributed by atoms with Gasteiger partial charge in [-0.15, -0.1) is 0 Å². The largest absolute Gasteiger partial charge is 0.335 e. The Morgan fingerprint density at radius 3 is 2.47 bits per heavy atom. The molecule has 0 bridgehead atoms. The van der Waals surface area contributed by atoms with E-state index in [4.69, 9.17) is 4.52 Å². The van der Waals surface area contributed by atoms with Crippen molar-refractivity contribution in [3.63, 3.8) is 0 Å². The molecule has 0 saturated carbocycles. The quantitative estimate of drug-likeness (QED) is 0.376. The number of aryl methyl sites for hydroxylation is 2. The van der Waals surface area contributed by atoms with Crippen LogP contribution >= 0.6 is 0 Å². The average Bonchev–Trinajstić information content (AvgIpc) is 3.53. The summed E-state index contributed by atoms with van der Waals surface area (Å²) in [6, 6.07) is 17.6. The molecule has 3 heterocycles. The Kier molecular flexibility index (Phi) is 5.41. The minimum absolute atomic E-state index is 0.125. The van der Waals surface area contributed by atoms with Gasteiger partial charge in [0.2, 0.25) is 0 Å². The van der Waals surface area contributed by atoms with Crippen molar-refractivity contribution in [1.82, 2.24) is 29.8 Å². The predicted octanol–water partition coefficient (Wildman–Crippen LogP) is 4.92. The summed E-state index contributed by atoms with van der Waals surface area (Å²) in [5.41, 5.74) is 6.16. The van der Waals surface area contributed by atoms with E-state index in [1.54, 1.807) is 23.0 Å². The van der Waals surface area contributed by atoms with Crippen LogP contribution in [0.25, 0.3) is 28.0 Å². The third kappa shape index (κ3) is 3.83. The fraction of sp³-hybridized carbons (Fsp3) is 0.192. The Morgan fingerprint density at radius 2 is 1.79 bits per heavy atom. The van der Waals surface area contributed by atoms with Crippen LogP contribution in [-0.2, 0) is 0 Å². The van der Waals surface area contributed by atoms with Gasteiger partial charge < -0.3 is 9.42 Å². The summed E-state index contributed by atoms with van der Waals surface area (Å²) in [5, 5.41) is 8.86. The van der Waals surface area contributed by atoms with Crippen molar-refractivity contribution in [2.24, 2.45) is 0 Å². The molecule has 0 aliphatic heterocycles. The zero-order chi connectivity index (χ0) is 23.8. The third-order valence-electron chi connectivity index (χ3n) is 6.15. The van der Waals surface area contributed by atoms with Crippen molar-refractivity contribution in [1.29, 1.82) is 0 Å². The van der Waals surface area contributed by atoms with E-state index in [1.807, 2.05) is 75.4 Å². The fourth-order valence-corrected chi connectivity index (χ4v) is 3.97. The SMILES string of the molecule is Cc1ccc(-c2cc(C(=O)N(C)[C@@H](C)c3ccc(-n4cncn4)cc3)c3c(C)noc3n2)cc1. The van der Waals surface area contributed by atoms with Crippen LogP contribution in [0.15, 0.2) is 71.8 Å². The number of nitrogens with zero attached hydrogens (tertiary/aromatic N) is 6. The van der Waals surface area contributed by atoms with Gasteiger partial charge in [0.25, 0.3) is 11.6 Å². The number of pyridine rings is 1. The van der Waals surface area contributed by atoms with Crippen molar-refractivity contribution in [2.75, 3.05) is 7.05 Å². The van der Waals surface area contributed by atoms with Gasteiger partial charge in [0, 0.05) is 12.6 Å². The number of carbonyl (C=O) groups excluding carboxylic acids is 1. The smallest absolute Gasteiger partial charge is 0.259 e. The highest BCUT2D eigenvalue weighted by atomic mass is 16.5. The molecule has 2 aromatic carbocycles. The Labute approximate surface area is 196 Å². The number of fused-ring (bicyclic) bond motifs is 1. The second kappa shape index (κ2) is 8.55. The topological polar surface area (TPSA) is 89.9 Å². The van der Waals surface area contributed by atoms with E-state index >= 15 is 0 Å². The normalized spacial score (nSPS) is 12.1. The van der Waals surface area contributed by atoms with Gasteiger partial charge >= 0.3 is 0 Å². The van der Waals surface area contributed by atoms with E-state index in [1.165, 1.54) is 6.33 Å². The molecule has 8 heteroatoms. The standard InChI is InChI=1S/C26H24N6O2/c1-16-5-7-20(8-6-16)23-13-22(24-17(2)30-34-25(24)29-23)26(33)31(4)18(3)19-9-11-21(12-10-19)32-15-27-14-28-32/h5-15,18H,1-4H3/t18-/m0/s1. The molecule has 8 nitrogen and oxygen atoms in total. The van der Waals surface area contributed by atoms with E-state index in [-0.39, 0.29) is 11.9 Å². The molecule has 0 unspecified atom stereocenters. The third-order valence-corrected chi connectivity index (χ3v) is 6.15. The van der Waals surface area contributed by atoms with Crippen molar-refractivity contribution in [2.45, 2.75) is 26.8 Å². The summed E-state index contributed by atoms with van der Waals surface area (Å²) < 4.78 is 7.15. The van der Waals surface area contributed by atoms with Crippen molar-refractivity contribution >= 4 is 17.0 Å². The Morgan fingerprint density at radius 1 is 1.06 bits per heavy atom. The maximum absolute atomic E-state index is 13.7. The Bertz CT molecular complexity index is 1450. The lowest BCUT2D eigenvalue weighted by atomic mass is 10.0.